The molecule has 1 saturated heterocycles. The number of amides is 2. The summed E-state index contributed by atoms with van der Waals surface area (Å²) in [6.07, 6.45) is 8.71. The lowest BCUT2D eigenvalue weighted by atomic mass is 9.49. The highest BCUT2D eigenvalue weighted by atomic mass is 19.4. The molecule has 2 N–H and O–H groups in total. The number of carbonyl (C=O) groups excluding carboxylic acids is 2. The molecule has 4 aliphatic carbocycles. The maximum Gasteiger partial charge on any atom is 0.416 e. The third-order valence-electron chi connectivity index (χ3n) is 11.0. The van der Waals surface area contributed by atoms with Gasteiger partial charge in [0, 0.05) is 61.8 Å². The highest BCUT2D eigenvalue weighted by molar-refractivity contribution is 5.95. The summed E-state index contributed by atoms with van der Waals surface area (Å²) in [7, 11) is 0. The van der Waals surface area contributed by atoms with E-state index in [1.807, 2.05) is 4.90 Å². The molecule has 11 nitrogen and oxygen atoms in total. The largest absolute Gasteiger partial charge is 0.506 e. The molecule has 50 heavy (non-hydrogen) atoms. The van der Waals surface area contributed by atoms with Crippen LogP contribution in [-0.2, 0) is 6.18 Å². The molecule has 0 unspecified atom stereocenters. The molecule has 4 saturated carbocycles. The zero-order chi connectivity index (χ0) is 34.6. The smallest absolute Gasteiger partial charge is 0.416 e. The van der Waals surface area contributed by atoms with E-state index in [9.17, 15) is 27.9 Å². The molecule has 4 heterocycles. The lowest BCUT2D eigenvalue weighted by molar-refractivity contribution is -0.137. The third kappa shape index (κ3) is 6.38. The summed E-state index contributed by atoms with van der Waals surface area (Å²) in [5.74, 6) is 2.17. The number of nitrogens with zero attached hydrogens (tertiary/aromatic N) is 7. The third-order valence-corrected chi connectivity index (χ3v) is 11.0. The summed E-state index contributed by atoms with van der Waals surface area (Å²) in [6.45, 7) is 1.99. The Kier molecular flexibility index (Phi) is 7.98. The van der Waals surface area contributed by atoms with Gasteiger partial charge in [-0.15, -0.1) is 10.2 Å². The Morgan fingerprint density at radius 1 is 0.880 bits per heavy atom. The van der Waals surface area contributed by atoms with Gasteiger partial charge in [0.2, 0.25) is 0 Å². The normalized spacial score (nSPS) is 24.4. The second kappa shape index (κ2) is 12.4. The summed E-state index contributed by atoms with van der Waals surface area (Å²) in [5, 5.41) is 25.6. The molecule has 2 amide bonds. The lowest BCUT2D eigenvalue weighted by Crippen LogP contribution is -2.51. The molecule has 260 valence electrons. The predicted octanol–water partition coefficient (Wildman–Crippen LogP) is 5.36. The Morgan fingerprint density at radius 2 is 1.60 bits per heavy atom. The lowest BCUT2D eigenvalue weighted by Gasteiger charge is -2.56. The Hall–Kier alpha value is -5.01. The quantitative estimate of drug-likeness (QED) is 0.266. The fourth-order valence-corrected chi connectivity index (χ4v) is 9.03. The van der Waals surface area contributed by atoms with Crippen LogP contribution in [-0.4, -0.2) is 79.5 Å². The van der Waals surface area contributed by atoms with Crippen molar-refractivity contribution in [3.63, 3.8) is 0 Å². The van der Waals surface area contributed by atoms with E-state index < -0.39 is 17.6 Å². The van der Waals surface area contributed by atoms with Gasteiger partial charge in [-0.25, -0.2) is 4.68 Å². The summed E-state index contributed by atoms with van der Waals surface area (Å²) in [6, 6.07) is 8.07. The average molecular weight is 687 g/mol. The monoisotopic (exact) mass is 686 g/mol. The SMILES string of the molecule is O=C(NCC12CC3CC(CC(C3)C1)C2)c1ccc(N2CCN(C(=O)c3cc(-n4cc(-c5cncc(O)c5)cn4)cc(C(F)(F)F)c3)CC2)nn1. The second-order valence-corrected chi connectivity index (χ2v) is 14.5. The predicted molar refractivity (Wildman–Crippen MR) is 177 cm³/mol. The van der Waals surface area contributed by atoms with Crippen LogP contribution >= 0.6 is 0 Å². The van der Waals surface area contributed by atoms with Gasteiger partial charge in [-0.1, -0.05) is 0 Å². The number of halogens is 3. The fraction of sp³-hybridized carbons (Fsp3) is 0.444. The van der Waals surface area contributed by atoms with Gasteiger partial charge in [0.1, 0.15) is 5.75 Å². The molecule has 4 bridgehead atoms. The van der Waals surface area contributed by atoms with Gasteiger partial charge in [0.05, 0.1) is 23.6 Å². The number of pyridine rings is 1. The number of aromatic nitrogens is 5. The molecular formula is C36H37F3N8O3. The second-order valence-electron chi connectivity index (χ2n) is 14.5. The van der Waals surface area contributed by atoms with Crippen LogP contribution in [0.1, 0.15) is 64.9 Å². The molecule has 9 rings (SSSR count). The highest BCUT2D eigenvalue weighted by Gasteiger charge is 2.50. The molecule has 5 aliphatic rings. The first-order chi connectivity index (χ1) is 24.0. The zero-order valence-electron chi connectivity index (χ0n) is 27.3. The summed E-state index contributed by atoms with van der Waals surface area (Å²) >= 11 is 0. The van der Waals surface area contributed by atoms with E-state index in [1.165, 1.54) is 85.0 Å². The molecule has 4 aromatic rings. The van der Waals surface area contributed by atoms with Gasteiger partial charge >= 0.3 is 6.18 Å². The zero-order valence-corrected chi connectivity index (χ0v) is 27.3. The summed E-state index contributed by atoms with van der Waals surface area (Å²) in [5.41, 5.74) is 0.540. The van der Waals surface area contributed by atoms with Crippen LogP contribution in [0.15, 0.2) is 61.2 Å². The van der Waals surface area contributed by atoms with Gasteiger partial charge in [-0.05, 0) is 98.1 Å². The Balaban J connectivity index is 0.907. The number of hydrogen-bond donors (Lipinski definition) is 2. The van der Waals surface area contributed by atoms with Gasteiger partial charge < -0.3 is 20.2 Å². The number of hydrogen-bond acceptors (Lipinski definition) is 8. The first-order valence-electron chi connectivity index (χ1n) is 17.1. The van der Waals surface area contributed by atoms with Gasteiger partial charge in [0.25, 0.3) is 11.8 Å². The number of piperazine rings is 1. The standard InChI is InChI=1S/C36H37F3N8O3/c37-36(38,39)28-10-25(11-29(13-28)47-20-27(18-42-47)26-12-30(48)19-40-17-26)34(50)46-5-3-45(4-6-46)32-2-1-31(43-44-32)33(49)41-21-35-14-22-7-23(15-35)9-24(8-22)16-35/h1-2,10-13,17-20,22-24,48H,3-9,14-16,21H2,(H,41,49). The summed E-state index contributed by atoms with van der Waals surface area (Å²) < 4.78 is 43.1. The first kappa shape index (κ1) is 32.2. The van der Waals surface area contributed by atoms with Crippen LogP contribution in [0.5, 0.6) is 5.75 Å². The topological polar surface area (TPSA) is 129 Å². The minimum atomic E-state index is -4.69. The maximum atomic E-state index is 14.0. The number of anilines is 1. The Morgan fingerprint density at radius 3 is 2.24 bits per heavy atom. The minimum absolute atomic E-state index is 0.0591. The molecule has 14 heteroatoms. The van der Waals surface area contributed by atoms with E-state index in [0.717, 1.165) is 29.9 Å². The molecule has 0 spiro atoms. The number of nitrogens with one attached hydrogen (secondary N) is 1. The van der Waals surface area contributed by atoms with Crippen molar-refractivity contribution in [2.45, 2.75) is 44.7 Å². The number of alkyl halides is 3. The number of aromatic hydroxyl groups is 1. The fourth-order valence-electron chi connectivity index (χ4n) is 9.03. The van der Waals surface area contributed by atoms with Crippen LogP contribution in [0.2, 0.25) is 0 Å². The molecule has 0 radical (unpaired) electrons. The number of benzene rings is 1. The van der Waals surface area contributed by atoms with Crippen molar-refractivity contribution in [2.75, 3.05) is 37.6 Å². The Bertz CT molecular complexity index is 1880. The van der Waals surface area contributed by atoms with Crippen molar-refractivity contribution in [3.8, 4) is 22.6 Å². The van der Waals surface area contributed by atoms with Crippen LogP contribution in [0, 0.1) is 23.2 Å². The molecule has 1 aromatic carbocycles. The molecular weight excluding hydrogens is 649 g/mol. The molecule has 5 fully saturated rings. The van der Waals surface area contributed by atoms with E-state index in [2.05, 4.69) is 25.6 Å². The van der Waals surface area contributed by atoms with E-state index in [0.29, 0.717) is 36.6 Å². The van der Waals surface area contributed by atoms with Crippen molar-refractivity contribution in [2.24, 2.45) is 23.2 Å². The van der Waals surface area contributed by atoms with Crippen LogP contribution < -0.4 is 10.2 Å². The van der Waals surface area contributed by atoms with E-state index in [1.54, 1.807) is 12.1 Å². The maximum absolute atomic E-state index is 14.0. The van der Waals surface area contributed by atoms with Crippen LogP contribution in [0.25, 0.3) is 16.8 Å². The molecule has 3 aromatic heterocycles. The van der Waals surface area contributed by atoms with Crippen molar-refractivity contribution in [1.82, 2.24) is 35.2 Å². The highest BCUT2D eigenvalue weighted by Crippen LogP contribution is 2.59. The first-order valence-corrected chi connectivity index (χ1v) is 17.1. The van der Waals surface area contributed by atoms with Crippen molar-refractivity contribution >= 4 is 17.6 Å². The average Bonchev–Trinajstić information content (AvgIpc) is 3.60. The van der Waals surface area contributed by atoms with Gasteiger partial charge in [-0.3, -0.25) is 14.6 Å². The Labute approximate surface area is 286 Å². The van der Waals surface area contributed by atoms with E-state index >= 15 is 0 Å². The van der Waals surface area contributed by atoms with Crippen LogP contribution in [0.3, 0.4) is 0 Å². The van der Waals surface area contributed by atoms with E-state index in [-0.39, 0.29) is 47.1 Å². The van der Waals surface area contributed by atoms with Crippen molar-refractivity contribution in [1.29, 1.82) is 0 Å². The molecule has 0 atom stereocenters. The summed E-state index contributed by atoms with van der Waals surface area (Å²) in [4.78, 5) is 33.9. The van der Waals surface area contributed by atoms with Crippen molar-refractivity contribution < 1.29 is 27.9 Å². The van der Waals surface area contributed by atoms with Crippen molar-refractivity contribution in [3.05, 3.63) is 78.0 Å². The molecule has 1 aliphatic heterocycles. The van der Waals surface area contributed by atoms with Gasteiger partial charge in [-0.2, -0.15) is 18.3 Å². The van der Waals surface area contributed by atoms with E-state index in [4.69, 9.17) is 0 Å². The number of carbonyl (C=O) groups is 2. The minimum Gasteiger partial charge on any atom is -0.506 e. The number of rotatable bonds is 7. The van der Waals surface area contributed by atoms with Crippen LogP contribution in [0.4, 0.5) is 19.0 Å². The van der Waals surface area contributed by atoms with Gasteiger partial charge in [0.15, 0.2) is 11.5 Å².